The number of sulfone groups is 1. The Morgan fingerprint density at radius 3 is 2.16 bits per heavy atom. The lowest BCUT2D eigenvalue weighted by molar-refractivity contribution is 0.461. The van der Waals surface area contributed by atoms with Crippen LogP contribution >= 0.6 is 0 Å². The van der Waals surface area contributed by atoms with Gasteiger partial charge in [0.15, 0.2) is 9.84 Å². The molecule has 3 heteroatoms. The van der Waals surface area contributed by atoms with E-state index < -0.39 is 9.84 Å². The highest BCUT2D eigenvalue weighted by molar-refractivity contribution is 7.91. The normalized spacial score (nSPS) is 13.4. The van der Waals surface area contributed by atoms with Crippen LogP contribution in [0.2, 0.25) is 0 Å². The summed E-state index contributed by atoms with van der Waals surface area (Å²) in [4.78, 5) is 0.468. The maximum Gasteiger partial charge on any atom is 0.178 e. The van der Waals surface area contributed by atoms with Gasteiger partial charge in [0, 0.05) is 0 Å². The van der Waals surface area contributed by atoms with Gasteiger partial charge < -0.3 is 0 Å². The second-order valence-corrected chi connectivity index (χ2v) is 7.43. The van der Waals surface area contributed by atoms with Crippen molar-refractivity contribution in [3.05, 3.63) is 29.8 Å². The molecule has 0 aliphatic carbocycles. The monoisotopic (exact) mass is 282 g/mol. The topological polar surface area (TPSA) is 34.1 Å². The molecular formula is C16H26O2S. The standard InChI is InChI=1S/C16H26O2S/c1-4-6-8-15(7-5-2)13-19(17,18)16-11-9-14(3)10-12-16/h9-12,15H,4-8,13H2,1-3H3. The number of unbranched alkanes of at least 4 members (excludes halogenated alkanes) is 1. The Labute approximate surface area is 118 Å². The van der Waals surface area contributed by atoms with Crippen LogP contribution in [0.4, 0.5) is 0 Å². The van der Waals surface area contributed by atoms with E-state index in [1.165, 1.54) is 0 Å². The summed E-state index contributed by atoms with van der Waals surface area (Å²) in [6.45, 7) is 6.24. The van der Waals surface area contributed by atoms with E-state index in [2.05, 4.69) is 13.8 Å². The largest absolute Gasteiger partial charge is 0.224 e. The van der Waals surface area contributed by atoms with E-state index in [1.54, 1.807) is 12.1 Å². The van der Waals surface area contributed by atoms with Crippen molar-refractivity contribution in [2.45, 2.75) is 57.8 Å². The predicted octanol–water partition coefficient (Wildman–Crippen LogP) is 4.38. The molecule has 0 radical (unpaired) electrons. The lowest BCUT2D eigenvalue weighted by Gasteiger charge is -2.16. The van der Waals surface area contributed by atoms with Crippen LogP contribution in [-0.4, -0.2) is 14.2 Å². The van der Waals surface area contributed by atoms with Crippen molar-refractivity contribution in [1.82, 2.24) is 0 Å². The SMILES string of the molecule is CCCCC(CCC)CS(=O)(=O)c1ccc(C)cc1. The van der Waals surface area contributed by atoms with Crippen molar-refractivity contribution in [2.24, 2.45) is 5.92 Å². The lowest BCUT2D eigenvalue weighted by Crippen LogP contribution is -2.16. The molecule has 0 N–H and O–H groups in total. The van der Waals surface area contributed by atoms with Crippen molar-refractivity contribution in [1.29, 1.82) is 0 Å². The molecule has 0 aliphatic heterocycles. The molecule has 1 aromatic rings. The molecule has 0 saturated carbocycles. The van der Waals surface area contributed by atoms with Gasteiger partial charge in [-0.2, -0.15) is 0 Å². The van der Waals surface area contributed by atoms with Gasteiger partial charge in [-0.15, -0.1) is 0 Å². The predicted molar refractivity (Wildman–Crippen MR) is 81.2 cm³/mol. The zero-order valence-electron chi connectivity index (χ0n) is 12.4. The molecule has 0 bridgehead atoms. The van der Waals surface area contributed by atoms with Crippen LogP contribution in [0.5, 0.6) is 0 Å². The average Bonchev–Trinajstić information content (AvgIpc) is 2.36. The molecule has 0 spiro atoms. The Hall–Kier alpha value is -0.830. The Morgan fingerprint density at radius 1 is 1.00 bits per heavy atom. The highest BCUT2D eigenvalue weighted by Gasteiger charge is 2.20. The number of rotatable bonds is 8. The Kier molecular flexibility index (Phi) is 6.56. The Bertz CT molecular complexity index is 460. The van der Waals surface area contributed by atoms with Gasteiger partial charge >= 0.3 is 0 Å². The van der Waals surface area contributed by atoms with Gasteiger partial charge in [-0.1, -0.05) is 50.8 Å². The first-order chi connectivity index (χ1) is 8.99. The van der Waals surface area contributed by atoms with Crippen LogP contribution in [0, 0.1) is 12.8 Å². The van der Waals surface area contributed by atoms with Gasteiger partial charge in [-0.3, -0.25) is 0 Å². The summed E-state index contributed by atoms with van der Waals surface area (Å²) in [7, 11) is -3.13. The molecule has 1 unspecified atom stereocenters. The minimum atomic E-state index is -3.13. The van der Waals surface area contributed by atoms with Crippen LogP contribution < -0.4 is 0 Å². The molecule has 2 nitrogen and oxygen atoms in total. The Morgan fingerprint density at radius 2 is 1.63 bits per heavy atom. The molecule has 1 atom stereocenters. The molecule has 0 aliphatic rings. The van der Waals surface area contributed by atoms with Crippen molar-refractivity contribution in [3.63, 3.8) is 0 Å². The lowest BCUT2D eigenvalue weighted by atomic mass is 9.99. The summed E-state index contributed by atoms with van der Waals surface area (Å²) in [6.07, 6.45) is 5.33. The number of benzene rings is 1. The van der Waals surface area contributed by atoms with E-state index in [0.29, 0.717) is 16.6 Å². The molecule has 0 aromatic heterocycles. The highest BCUT2D eigenvalue weighted by atomic mass is 32.2. The molecule has 0 saturated heterocycles. The van der Waals surface area contributed by atoms with Crippen LogP contribution in [0.3, 0.4) is 0 Å². The summed E-state index contributed by atoms with van der Waals surface area (Å²) in [5, 5.41) is 0. The van der Waals surface area contributed by atoms with E-state index in [1.807, 2.05) is 19.1 Å². The summed E-state index contributed by atoms with van der Waals surface area (Å²) < 4.78 is 24.8. The minimum absolute atomic E-state index is 0.296. The smallest absolute Gasteiger partial charge is 0.178 e. The fraction of sp³-hybridized carbons (Fsp3) is 0.625. The van der Waals surface area contributed by atoms with Crippen LogP contribution in [0.25, 0.3) is 0 Å². The van der Waals surface area contributed by atoms with E-state index in [-0.39, 0.29) is 0 Å². The van der Waals surface area contributed by atoms with E-state index in [4.69, 9.17) is 0 Å². The molecular weight excluding hydrogens is 256 g/mol. The molecule has 0 fully saturated rings. The van der Waals surface area contributed by atoms with E-state index in [9.17, 15) is 8.42 Å². The average molecular weight is 282 g/mol. The summed E-state index contributed by atoms with van der Waals surface area (Å²) in [5.41, 5.74) is 1.09. The van der Waals surface area contributed by atoms with Gasteiger partial charge in [0.05, 0.1) is 10.6 Å². The third kappa shape index (κ3) is 5.35. The van der Waals surface area contributed by atoms with Gasteiger partial charge in [-0.25, -0.2) is 8.42 Å². The van der Waals surface area contributed by atoms with Gasteiger partial charge in [-0.05, 0) is 37.8 Å². The first-order valence-corrected chi connectivity index (χ1v) is 8.94. The third-order valence-electron chi connectivity index (χ3n) is 3.50. The molecule has 1 rings (SSSR count). The highest BCUT2D eigenvalue weighted by Crippen LogP contribution is 2.21. The summed E-state index contributed by atoms with van der Waals surface area (Å²) >= 11 is 0. The van der Waals surface area contributed by atoms with Crippen molar-refractivity contribution in [3.8, 4) is 0 Å². The molecule has 0 heterocycles. The minimum Gasteiger partial charge on any atom is -0.224 e. The van der Waals surface area contributed by atoms with Gasteiger partial charge in [0.2, 0.25) is 0 Å². The molecule has 1 aromatic carbocycles. The van der Waals surface area contributed by atoms with Crippen molar-refractivity contribution < 1.29 is 8.42 Å². The molecule has 0 amide bonds. The second kappa shape index (κ2) is 7.68. The second-order valence-electron chi connectivity index (χ2n) is 5.39. The fourth-order valence-corrected chi connectivity index (χ4v) is 4.06. The molecule has 108 valence electrons. The number of hydrogen-bond acceptors (Lipinski definition) is 2. The summed E-state index contributed by atoms with van der Waals surface area (Å²) in [5.74, 6) is 0.598. The zero-order chi connectivity index (χ0) is 14.3. The van der Waals surface area contributed by atoms with Gasteiger partial charge in [0.1, 0.15) is 0 Å². The van der Waals surface area contributed by atoms with Gasteiger partial charge in [0.25, 0.3) is 0 Å². The first-order valence-electron chi connectivity index (χ1n) is 7.29. The van der Waals surface area contributed by atoms with Crippen molar-refractivity contribution >= 4 is 9.84 Å². The summed E-state index contributed by atoms with van der Waals surface area (Å²) in [6, 6.07) is 7.20. The van der Waals surface area contributed by atoms with Crippen molar-refractivity contribution in [2.75, 3.05) is 5.75 Å². The first kappa shape index (κ1) is 16.2. The van der Waals surface area contributed by atoms with E-state index >= 15 is 0 Å². The maximum absolute atomic E-state index is 12.4. The van der Waals surface area contributed by atoms with Crippen LogP contribution in [0.1, 0.15) is 51.5 Å². The quantitative estimate of drug-likeness (QED) is 0.709. The Balaban J connectivity index is 2.78. The third-order valence-corrected chi connectivity index (χ3v) is 5.40. The maximum atomic E-state index is 12.4. The fourth-order valence-electron chi connectivity index (χ4n) is 2.36. The molecule has 19 heavy (non-hydrogen) atoms. The number of aryl methyl sites for hydroxylation is 1. The van der Waals surface area contributed by atoms with E-state index in [0.717, 1.165) is 37.7 Å². The van der Waals surface area contributed by atoms with Crippen LogP contribution in [0.15, 0.2) is 29.2 Å². The number of hydrogen-bond donors (Lipinski definition) is 0. The zero-order valence-corrected chi connectivity index (χ0v) is 13.2. The van der Waals surface area contributed by atoms with Crippen LogP contribution in [-0.2, 0) is 9.84 Å².